The topological polar surface area (TPSA) is 0 Å². The van der Waals surface area contributed by atoms with Gasteiger partial charge in [0.15, 0.2) is 0 Å². The summed E-state index contributed by atoms with van der Waals surface area (Å²) in [5, 5.41) is 2.27. The summed E-state index contributed by atoms with van der Waals surface area (Å²) in [5.41, 5.74) is 5.69. The van der Waals surface area contributed by atoms with E-state index in [1.807, 2.05) is 11.3 Å². The van der Waals surface area contributed by atoms with E-state index in [-0.39, 0.29) is 0 Å². The first kappa shape index (κ1) is 17.1. The van der Waals surface area contributed by atoms with Crippen molar-refractivity contribution in [2.24, 2.45) is 0 Å². The van der Waals surface area contributed by atoms with Gasteiger partial charge in [0.1, 0.15) is 0 Å². The first-order valence-electron chi connectivity index (χ1n) is 10.2. The normalized spacial score (nSPS) is 17.4. The number of hydrogen-bond donors (Lipinski definition) is 0. The molecule has 7 rings (SSSR count). The molecular formula is C28H19STe. The van der Waals surface area contributed by atoms with Crippen molar-refractivity contribution in [2.45, 2.75) is 0 Å². The SMILES string of the molecule is c1csc([Te]23(c4ccccc4-c4ccccc42)c2ccccc2-c2ccccc23)c1. The van der Waals surface area contributed by atoms with Crippen LogP contribution in [0.3, 0.4) is 0 Å². The van der Waals surface area contributed by atoms with Crippen LogP contribution >= 0.6 is 11.3 Å². The molecular weight excluding hydrogens is 496 g/mol. The summed E-state index contributed by atoms with van der Waals surface area (Å²) >= 11 is -2.14. The second kappa shape index (κ2) is 5.74. The van der Waals surface area contributed by atoms with E-state index in [0.717, 1.165) is 0 Å². The van der Waals surface area contributed by atoms with Crippen LogP contribution in [0, 0.1) is 0 Å². The van der Waals surface area contributed by atoms with E-state index in [1.54, 1.807) is 17.4 Å². The number of hydrogen-bond acceptors (Lipinski definition) is 1. The predicted molar refractivity (Wildman–Crippen MR) is 132 cm³/mol. The maximum atomic E-state index is 2.44. The van der Waals surface area contributed by atoms with Crippen molar-refractivity contribution in [1.29, 1.82) is 0 Å². The first-order chi connectivity index (χ1) is 14.9. The van der Waals surface area contributed by atoms with E-state index < -0.39 is 16.8 Å². The van der Waals surface area contributed by atoms with Gasteiger partial charge in [0, 0.05) is 0 Å². The minimum atomic E-state index is -4.08. The van der Waals surface area contributed by atoms with Crippen LogP contribution in [0.5, 0.6) is 0 Å². The average Bonchev–Trinajstić information content (AvgIpc) is 3.51. The molecule has 143 valence electrons. The molecule has 1 radical (unpaired) electrons. The summed E-state index contributed by atoms with van der Waals surface area (Å²) in [6, 6.07) is 41.6. The summed E-state index contributed by atoms with van der Waals surface area (Å²) in [7, 11) is 0. The van der Waals surface area contributed by atoms with Gasteiger partial charge in [-0.1, -0.05) is 0 Å². The fourth-order valence-electron chi connectivity index (χ4n) is 5.82. The summed E-state index contributed by atoms with van der Waals surface area (Å²) in [4.78, 5) is 0. The molecule has 0 aliphatic carbocycles. The molecule has 0 bridgehead atoms. The predicted octanol–water partition coefficient (Wildman–Crippen LogP) is 3.95. The third kappa shape index (κ3) is 1.62. The van der Waals surface area contributed by atoms with Crippen LogP contribution in [-0.2, 0) is 0 Å². The van der Waals surface area contributed by atoms with E-state index in [2.05, 4.69) is 115 Å². The molecule has 1 aromatic heterocycles. The Kier molecular flexibility index (Phi) is 3.27. The third-order valence-corrected chi connectivity index (χ3v) is 27.3. The van der Waals surface area contributed by atoms with Crippen molar-refractivity contribution in [3.63, 3.8) is 0 Å². The van der Waals surface area contributed by atoms with Gasteiger partial charge in [-0.05, 0) is 0 Å². The van der Waals surface area contributed by atoms with Gasteiger partial charge in [-0.25, -0.2) is 0 Å². The molecule has 0 N–H and O–H groups in total. The Morgan fingerprint density at radius 2 is 0.767 bits per heavy atom. The summed E-state index contributed by atoms with van der Waals surface area (Å²) in [6.07, 6.45) is 0. The molecule has 4 aromatic carbocycles. The zero-order valence-corrected chi connectivity index (χ0v) is 19.4. The Morgan fingerprint density at radius 3 is 1.10 bits per heavy atom. The van der Waals surface area contributed by atoms with Gasteiger partial charge in [-0.2, -0.15) is 0 Å². The molecule has 0 amide bonds. The molecule has 2 heteroatoms. The van der Waals surface area contributed by atoms with E-state index in [1.165, 1.54) is 22.3 Å². The van der Waals surface area contributed by atoms with Crippen molar-refractivity contribution in [1.82, 2.24) is 0 Å². The summed E-state index contributed by atoms with van der Waals surface area (Å²) in [6.45, 7) is 0. The Balaban J connectivity index is 1.89. The van der Waals surface area contributed by atoms with Gasteiger partial charge < -0.3 is 0 Å². The molecule has 3 heterocycles. The zero-order chi connectivity index (χ0) is 19.8. The summed E-state index contributed by atoms with van der Waals surface area (Å²) < 4.78 is 7.83. The van der Waals surface area contributed by atoms with Crippen LogP contribution in [0.15, 0.2) is 115 Å². The van der Waals surface area contributed by atoms with Crippen LogP contribution in [-0.4, -0.2) is 16.8 Å². The quantitative estimate of drug-likeness (QED) is 0.291. The Bertz CT molecular complexity index is 1270. The molecule has 0 saturated carbocycles. The second-order valence-electron chi connectivity index (χ2n) is 7.94. The molecule has 0 saturated heterocycles. The van der Waals surface area contributed by atoms with E-state index >= 15 is 0 Å². The Hall–Kier alpha value is -2.63. The van der Waals surface area contributed by atoms with Crippen LogP contribution in [0.25, 0.3) is 22.3 Å². The number of benzene rings is 4. The van der Waals surface area contributed by atoms with Gasteiger partial charge >= 0.3 is 182 Å². The standard InChI is InChI=1S/C28H19STe/c1-5-14-24-20(10-1)21-11-2-6-15-25(21)30(24,28-18-9-19-29-28)26-16-7-3-12-22(26)23-13-4-8-17-27(23)30/h1-19H. The van der Waals surface area contributed by atoms with Crippen LogP contribution < -0.4 is 17.4 Å². The van der Waals surface area contributed by atoms with Crippen LogP contribution in [0.4, 0.5) is 0 Å². The Morgan fingerprint density at radius 1 is 0.400 bits per heavy atom. The number of rotatable bonds is 1. The minimum absolute atomic E-state index is 1.42. The van der Waals surface area contributed by atoms with E-state index in [0.29, 0.717) is 0 Å². The summed E-state index contributed by atoms with van der Waals surface area (Å²) in [5.74, 6) is 0. The van der Waals surface area contributed by atoms with Gasteiger partial charge in [0.05, 0.1) is 0 Å². The van der Waals surface area contributed by atoms with Crippen LogP contribution in [0.1, 0.15) is 0 Å². The fourth-order valence-corrected chi connectivity index (χ4v) is 29.6. The zero-order valence-electron chi connectivity index (χ0n) is 16.3. The maximum absolute atomic E-state index is 4.08. The number of thiophene rings is 1. The van der Waals surface area contributed by atoms with Crippen molar-refractivity contribution < 1.29 is 0 Å². The molecule has 0 atom stereocenters. The molecule has 2 aliphatic rings. The molecule has 30 heavy (non-hydrogen) atoms. The van der Waals surface area contributed by atoms with Crippen molar-refractivity contribution in [2.75, 3.05) is 0 Å². The molecule has 5 aromatic rings. The van der Waals surface area contributed by atoms with Gasteiger partial charge in [-0.3, -0.25) is 0 Å². The second-order valence-corrected chi connectivity index (χ2v) is 21.8. The Labute approximate surface area is 181 Å². The molecule has 0 fully saturated rings. The van der Waals surface area contributed by atoms with E-state index in [4.69, 9.17) is 0 Å². The molecule has 1 spiro atoms. The molecule has 0 nitrogen and oxygen atoms in total. The van der Waals surface area contributed by atoms with Crippen LogP contribution in [0.2, 0.25) is 0 Å². The van der Waals surface area contributed by atoms with Gasteiger partial charge in [0.2, 0.25) is 0 Å². The first-order valence-corrected chi connectivity index (χ1v) is 16.9. The van der Waals surface area contributed by atoms with Gasteiger partial charge in [0.25, 0.3) is 0 Å². The third-order valence-electron chi connectivity index (χ3n) is 6.79. The van der Waals surface area contributed by atoms with E-state index in [9.17, 15) is 0 Å². The molecule has 2 aliphatic heterocycles. The van der Waals surface area contributed by atoms with Crippen molar-refractivity contribution in [3.05, 3.63) is 115 Å². The average molecular weight is 515 g/mol. The molecule has 0 unspecified atom stereocenters. The van der Waals surface area contributed by atoms with Crippen molar-refractivity contribution in [3.8, 4) is 22.3 Å². The number of fused-ring (bicyclic) bond motifs is 10. The van der Waals surface area contributed by atoms with Crippen molar-refractivity contribution >= 4 is 45.5 Å². The fraction of sp³-hybridized carbons (Fsp3) is 0. The monoisotopic (exact) mass is 517 g/mol. The van der Waals surface area contributed by atoms with Gasteiger partial charge in [-0.15, -0.1) is 0 Å².